The van der Waals surface area contributed by atoms with E-state index in [9.17, 15) is 21.6 Å². The summed E-state index contributed by atoms with van der Waals surface area (Å²) in [5.74, 6) is 0.799. The fourth-order valence-corrected chi connectivity index (χ4v) is 3.45. The third-order valence-electron chi connectivity index (χ3n) is 3.98. The molecule has 1 atom stereocenters. The number of guanidine groups is 1. The van der Waals surface area contributed by atoms with Crippen LogP contribution in [-0.2, 0) is 16.2 Å². The molecule has 1 saturated heterocycles. The molecule has 1 aromatic heterocycles. The number of pyridine rings is 1. The van der Waals surface area contributed by atoms with Gasteiger partial charge in [0.25, 0.3) is 0 Å². The van der Waals surface area contributed by atoms with Gasteiger partial charge in [0.2, 0.25) is 10.0 Å². The predicted octanol–water partition coefficient (Wildman–Crippen LogP) is 1.66. The van der Waals surface area contributed by atoms with E-state index < -0.39 is 21.8 Å². The van der Waals surface area contributed by atoms with Gasteiger partial charge in [-0.15, -0.1) is 24.0 Å². The van der Waals surface area contributed by atoms with Crippen LogP contribution in [0.3, 0.4) is 0 Å². The molecule has 1 aliphatic rings. The van der Waals surface area contributed by atoms with E-state index in [1.807, 2.05) is 0 Å². The van der Waals surface area contributed by atoms with Gasteiger partial charge in [-0.25, -0.2) is 18.1 Å². The maximum atomic E-state index is 12.7. The highest BCUT2D eigenvalue weighted by molar-refractivity contribution is 14.0. The first-order valence-electron chi connectivity index (χ1n) is 8.39. The molecule has 1 fully saturated rings. The molecular formula is C15H23ClF3IN6O2S. The summed E-state index contributed by atoms with van der Waals surface area (Å²) in [6.45, 7) is 1.61. The lowest BCUT2D eigenvalue weighted by Gasteiger charge is -2.21. The van der Waals surface area contributed by atoms with Crippen LogP contribution in [0.25, 0.3) is 0 Å². The summed E-state index contributed by atoms with van der Waals surface area (Å²) in [6, 6.07) is 0.856. The van der Waals surface area contributed by atoms with Gasteiger partial charge in [0.1, 0.15) is 5.82 Å². The van der Waals surface area contributed by atoms with Crippen LogP contribution in [0.2, 0.25) is 5.02 Å². The van der Waals surface area contributed by atoms with Crippen molar-refractivity contribution < 1.29 is 21.6 Å². The second-order valence-electron chi connectivity index (χ2n) is 6.27. The van der Waals surface area contributed by atoms with Crippen molar-refractivity contribution in [1.82, 2.24) is 20.3 Å². The van der Waals surface area contributed by atoms with Gasteiger partial charge < -0.3 is 15.5 Å². The van der Waals surface area contributed by atoms with E-state index in [2.05, 4.69) is 25.3 Å². The van der Waals surface area contributed by atoms with Crippen molar-refractivity contribution in [2.45, 2.75) is 18.6 Å². The molecule has 1 aromatic rings. The molecule has 0 amide bonds. The lowest BCUT2D eigenvalue weighted by molar-refractivity contribution is -0.137. The Labute approximate surface area is 189 Å². The predicted molar refractivity (Wildman–Crippen MR) is 118 cm³/mol. The number of hydrogen-bond donors (Lipinski definition) is 3. The summed E-state index contributed by atoms with van der Waals surface area (Å²) in [5.41, 5.74) is -0.887. The van der Waals surface area contributed by atoms with Crippen molar-refractivity contribution in [3.63, 3.8) is 0 Å². The first-order valence-corrected chi connectivity index (χ1v) is 10.7. The molecule has 0 saturated carbocycles. The number of halogens is 5. The van der Waals surface area contributed by atoms with Crippen LogP contribution in [-0.4, -0.2) is 64.9 Å². The van der Waals surface area contributed by atoms with Gasteiger partial charge in [0.05, 0.1) is 16.8 Å². The van der Waals surface area contributed by atoms with E-state index in [4.69, 9.17) is 11.6 Å². The molecular weight excluding hydrogens is 548 g/mol. The Morgan fingerprint density at radius 1 is 1.41 bits per heavy atom. The molecule has 0 aromatic carbocycles. The van der Waals surface area contributed by atoms with Gasteiger partial charge in [0.15, 0.2) is 5.96 Å². The van der Waals surface area contributed by atoms with Crippen molar-refractivity contribution in [1.29, 1.82) is 0 Å². The maximum Gasteiger partial charge on any atom is 0.417 e. The number of alkyl halides is 3. The highest BCUT2D eigenvalue weighted by Gasteiger charge is 2.33. The minimum atomic E-state index is -4.49. The smallest absolute Gasteiger partial charge is 0.355 e. The first kappa shape index (κ1) is 26.0. The number of rotatable bonds is 6. The normalized spacial score (nSPS) is 17.8. The highest BCUT2D eigenvalue weighted by atomic mass is 127. The second-order valence-corrected chi connectivity index (χ2v) is 8.51. The molecule has 3 N–H and O–H groups in total. The van der Waals surface area contributed by atoms with Crippen molar-refractivity contribution in [3.8, 4) is 0 Å². The zero-order valence-corrected chi connectivity index (χ0v) is 19.7. The fourth-order valence-electron chi connectivity index (χ4n) is 2.69. The molecule has 0 aliphatic carbocycles. The van der Waals surface area contributed by atoms with E-state index in [0.29, 0.717) is 37.8 Å². The van der Waals surface area contributed by atoms with Crippen molar-refractivity contribution in [3.05, 3.63) is 22.8 Å². The van der Waals surface area contributed by atoms with Crippen LogP contribution in [0.15, 0.2) is 17.3 Å². The van der Waals surface area contributed by atoms with Gasteiger partial charge in [-0.05, 0) is 12.5 Å². The molecule has 166 valence electrons. The number of nitrogens with one attached hydrogen (secondary N) is 3. The zero-order chi connectivity index (χ0) is 20.9. The molecule has 0 bridgehead atoms. The lowest BCUT2D eigenvalue weighted by Crippen LogP contribution is -2.46. The minimum Gasteiger partial charge on any atom is -0.355 e. The van der Waals surface area contributed by atoms with Crippen LogP contribution in [0.4, 0.5) is 19.0 Å². The second kappa shape index (κ2) is 10.8. The fraction of sp³-hybridized carbons (Fsp3) is 0.600. The van der Waals surface area contributed by atoms with Crippen LogP contribution < -0.4 is 20.3 Å². The number of aliphatic imine (C=N–C) groups is 1. The Bertz CT molecular complexity index is 825. The topological polar surface area (TPSA) is 98.7 Å². The Morgan fingerprint density at radius 3 is 2.66 bits per heavy atom. The molecule has 1 unspecified atom stereocenters. The number of anilines is 1. The Balaban J connectivity index is 0.00000420. The van der Waals surface area contributed by atoms with E-state index >= 15 is 0 Å². The summed E-state index contributed by atoms with van der Waals surface area (Å²) >= 11 is 6.00. The summed E-state index contributed by atoms with van der Waals surface area (Å²) in [4.78, 5) is 9.75. The molecule has 2 rings (SSSR count). The quantitative estimate of drug-likeness (QED) is 0.208. The van der Waals surface area contributed by atoms with Gasteiger partial charge in [-0.1, -0.05) is 11.6 Å². The minimum absolute atomic E-state index is 0. The average Bonchev–Trinajstić information content (AvgIpc) is 3.04. The number of nitrogens with zero attached hydrogens (tertiary/aromatic N) is 3. The standard InChI is InChI=1S/C15H22ClF3N6O2S.HI/c1-20-14(21-4-5-23-28(2,26)27)24-11-3-6-25(9-11)13-12(16)7-10(8-22-13)15(17,18)19;/h7-8,11,23H,3-6,9H2,1-2H3,(H2,20,21,24);1H. The van der Waals surface area contributed by atoms with E-state index in [1.54, 1.807) is 11.9 Å². The van der Waals surface area contributed by atoms with Crippen LogP contribution in [0.1, 0.15) is 12.0 Å². The van der Waals surface area contributed by atoms with E-state index in [-0.39, 0.29) is 41.6 Å². The van der Waals surface area contributed by atoms with Crippen LogP contribution >= 0.6 is 35.6 Å². The summed E-state index contributed by atoms with van der Waals surface area (Å²) < 4.78 is 62.6. The first-order chi connectivity index (χ1) is 13.0. The molecule has 2 heterocycles. The van der Waals surface area contributed by atoms with Crippen molar-refractivity contribution in [2.24, 2.45) is 4.99 Å². The number of sulfonamides is 1. The molecule has 14 heteroatoms. The molecule has 8 nitrogen and oxygen atoms in total. The Morgan fingerprint density at radius 2 is 2.10 bits per heavy atom. The molecule has 0 spiro atoms. The number of aromatic nitrogens is 1. The Kier molecular flexibility index (Phi) is 9.69. The van der Waals surface area contributed by atoms with E-state index in [1.165, 1.54) is 0 Å². The SMILES string of the molecule is CN=C(NCCNS(C)(=O)=O)NC1CCN(c2ncc(C(F)(F)F)cc2Cl)C1.I. The molecule has 29 heavy (non-hydrogen) atoms. The van der Waals surface area contributed by atoms with Gasteiger partial charge >= 0.3 is 6.18 Å². The van der Waals surface area contributed by atoms with Crippen molar-refractivity contribution in [2.75, 3.05) is 44.4 Å². The van der Waals surface area contributed by atoms with Gasteiger partial charge in [-0.3, -0.25) is 4.99 Å². The Hall–Kier alpha value is -1.06. The van der Waals surface area contributed by atoms with Crippen LogP contribution in [0.5, 0.6) is 0 Å². The largest absolute Gasteiger partial charge is 0.417 e. The summed E-state index contributed by atoms with van der Waals surface area (Å²) in [5, 5.41) is 6.12. The maximum absolute atomic E-state index is 12.7. The van der Waals surface area contributed by atoms with Gasteiger partial charge in [0, 0.05) is 45.5 Å². The zero-order valence-electron chi connectivity index (χ0n) is 15.8. The summed E-state index contributed by atoms with van der Waals surface area (Å²) in [7, 11) is -1.67. The third kappa shape index (κ3) is 8.30. The van der Waals surface area contributed by atoms with Gasteiger partial charge in [-0.2, -0.15) is 13.2 Å². The summed E-state index contributed by atoms with van der Waals surface area (Å²) in [6.07, 6.45) is -1.93. The highest BCUT2D eigenvalue weighted by Crippen LogP contribution is 2.34. The molecule has 0 radical (unpaired) electrons. The third-order valence-corrected chi connectivity index (χ3v) is 4.99. The average molecular weight is 571 g/mol. The number of hydrogen-bond acceptors (Lipinski definition) is 5. The lowest BCUT2D eigenvalue weighted by atomic mass is 10.2. The van der Waals surface area contributed by atoms with Crippen molar-refractivity contribution >= 4 is 57.4 Å². The van der Waals surface area contributed by atoms with E-state index in [0.717, 1.165) is 18.5 Å². The van der Waals surface area contributed by atoms with Crippen LogP contribution in [0, 0.1) is 0 Å². The monoisotopic (exact) mass is 570 g/mol. The molecule has 1 aliphatic heterocycles.